The highest BCUT2D eigenvalue weighted by Crippen LogP contribution is 2.23. The smallest absolute Gasteiger partial charge is 0.338 e. The molecular weight excluding hydrogens is 274 g/mol. The van der Waals surface area contributed by atoms with Gasteiger partial charge in [0.05, 0.1) is 19.5 Å². The number of hydrogen-bond acceptors (Lipinski definition) is 5. The molecule has 7 nitrogen and oxygen atoms in total. The van der Waals surface area contributed by atoms with Crippen LogP contribution in [0.3, 0.4) is 0 Å². The van der Waals surface area contributed by atoms with Crippen LogP contribution in [0.1, 0.15) is 12.6 Å². The number of aromatic nitrogens is 2. The Bertz CT molecular complexity index is 453. The van der Waals surface area contributed by atoms with Crippen LogP contribution >= 0.6 is 0 Å². The zero-order chi connectivity index (χ0) is 15.2. The number of carbonyl (C=O) groups is 2. The molecule has 0 saturated heterocycles. The monoisotopic (exact) mass is 290 g/mol. The minimum atomic E-state index is -3.17. The largest absolute Gasteiger partial charge is 0.464 e. The molecule has 9 heteroatoms. The Morgan fingerprint density at radius 2 is 2.30 bits per heavy atom. The molecule has 1 rings (SSSR count). The lowest BCUT2D eigenvalue weighted by Gasteiger charge is -2.31. The number of imidazole rings is 1. The summed E-state index contributed by atoms with van der Waals surface area (Å²) in [5.41, 5.74) is 2.87. The SMILES string of the molecule is CCOC(=O)C(Cc1cnc[nH]1)(NC(=O)CN)C(F)F. The average molecular weight is 290 g/mol. The van der Waals surface area contributed by atoms with Gasteiger partial charge in [-0.2, -0.15) is 0 Å². The molecule has 0 saturated carbocycles. The van der Waals surface area contributed by atoms with Crippen molar-refractivity contribution < 1.29 is 23.1 Å². The van der Waals surface area contributed by atoms with Crippen LogP contribution in [0, 0.1) is 0 Å². The summed E-state index contributed by atoms with van der Waals surface area (Å²) in [4.78, 5) is 29.5. The normalized spacial score (nSPS) is 13.8. The number of nitrogens with two attached hydrogens (primary N) is 1. The van der Waals surface area contributed by atoms with Crippen LogP contribution in [0.2, 0.25) is 0 Å². The van der Waals surface area contributed by atoms with E-state index < -0.39 is 36.8 Å². The highest BCUT2D eigenvalue weighted by atomic mass is 19.3. The van der Waals surface area contributed by atoms with Crippen LogP contribution in [0.5, 0.6) is 0 Å². The van der Waals surface area contributed by atoms with Gasteiger partial charge in [0.1, 0.15) is 0 Å². The van der Waals surface area contributed by atoms with Crippen LogP contribution in [0.4, 0.5) is 8.78 Å². The first-order valence-corrected chi connectivity index (χ1v) is 5.90. The van der Waals surface area contributed by atoms with Gasteiger partial charge in [-0.3, -0.25) is 4.79 Å². The molecule has 4 N–H and O–H groups in total. The number of rotatable bonds is 7. The lowest BCUT2D eigenvalue weighted by molar-refractivity contribution is -0.161. The van der Waals surface area contributed by atoms with Gasteiger partial charge < -0.3 is 20.8 Å². The number of amides is 1. The molecular formula is C11H16F2N4O3. The number of halogens is 2. The second kappa shape index (κ2) is 6.94. The zero-order valence-electron chi connectivity index (χ0n) is 10.9. The lowest BCUT2D eigenvalue weighted by atomic mass is 9.93. The number of ether oxygens (including phenoxy) is 1. The van der Waals surface area contributed by atoms with E-state index in [1.807, 2.05) is 5.32 Å². The van der Waals surface area contributed by atoms with E-state index in [4.69, 9.17) is 5.73 Å². The Kier molecular flexibility index (Phi) is 5.56. The third-order valence-electron chi connectivity index (χ3n) is 2.58. The molecule has 1 heterocycles. The maximum Gasteiger partial charge on any atom is 0.338 e. The Morgan fingerprint density at radius 1 is 1.60 bits per heavy atom. The summed E-state index contributed by atoms with van der Waals surface area (Å²) in [6.45, 7) is 0.876. The summed E-state index contributed by atoms with van der Waals surface area (Å²) in [6.07, 6.45) is -1.08. The van der Waals surface area contributed by atoms with Gasteiger partial charge in [-0.05, 0) is 6.92 Å². The molecule has 0 aliphatic carbocycles. The molecule has 0 fully saturated rings. The lowest BCUT2D eigenvalue weighted by Crippen LogP contribution is -2.62. The molecule has 0 aromatic carbocycles. The van der Waals surface area contributed by atoms with Crippen molar-refractivity contribution >= 4 is 11.9 Å². The maximum atomic E-state index is 13.4. The molecule has 1 amide bonds. The summed E-state index contributed by atoms with van der Waals surface area (Å²) in [6, 6.07) is 0. The summed E-state index contributed by atoms with van der Waals surface area (Å²) < 4.78 is 31.5. The van der Waals surface area contributed by atoms with Crippen molar-refractivity contribution in [2.45, 2.75) is 25.3 Å². The molecule has 0 aliphatic heterocycles. The predicted octanol–water partition coefficient (Wildman–Crippen LogP) is -0.406. The van der Waals surface area contributed by atoms with Crippen LogP contribution in [-0.4, -0.2) is 47.0 Å². The Balaban J connectivity index is 3.11. The minimum absolute atomic E-state index is 0.0885. The third-order valence-corrected chi connectivity index (χ3v) is 2.58. The summed E-state index contributed by atoms with van der Waals surface area (Å²) in [7, 11) is 0. The standard InChI is InChI=1S/C11H16F2N4O3/c1-2-20-10(19)11(9(12)13,17-8(18)4-14)3-7-5-15-6-16-7/h5-6,9H,2-4,14H2,1H3,(H,15,16)(H,17,18). The highest BCUT2D eigenvalue weighted by molar-refractivity contribution is 5.89. The number of nitrogens with one attached hydrogen (secondary N) is 2. The molecule has 0 radical (unpaired) electrons. The van der Waals surface area contributed by atoms with Gasteiger partial charge in [-0.15, -0.1) is 0 Å². The minimum Gasteiger partial charge on any atom is -0.464 e. The number of esters is 1. The first kappa shape index (κ1) is 16.0. The molecule has 20 heavy (non-hydrogen) atoms. The number of H-pyrrole nitrogens is 1. The van der Waals surface area contributed by atoms with Crippen molar-refractivity contribution in [1.82, 2.24) is 15.3 Å². The molecule has 112 valence electrons. The predicted molar refractivity (Wildman–Crippen MR) is 64.9 cm³/mol. The van der Waals surface area contributed by atoms with Crippen LogP contribution in [0.15, 0.2) is 12.5 Å². The van der Waals surface area contributed by atoms with Crippen molar-refractivity contribution in [3.8, 4) is 0 Å². The topological polar surface area (TPSA) is 110 Å². The van der Waals surface area contributed by atoms with Crippen LogP contribution in [0.25, 0.3) is 0 Å². The van der Waals surface area contributed by atoms with E-state index in [0.717, 1.165) is 0 Å². The fraction of sp³-hybridized carbons (Fsp3) is 0.545. The Labute approximate surface area is 113 Å². The van der Waals surface area contributed by atoms with E-state index in [9.17, 15) is 18.4 Å². The highest BCUT2D eigenvalue weighted by Gasteiger charge is 2.50. The van der Waals surface area contributed by atoms with Crippen LogP contribution in [-0.2, 0) is 20.7 Å². The van der Waals surface area contributed by atoms with E-state index in [1.165, 1.54) is 19.4 Å². The molecule has 1 atom stereocenters. The summed E-state index contributed by atoms with van der Waals surface area (Å²) in [5, 5.41) is 1.97. The van der Waals surface area contributed by atoms with E-state index >= 15 is 0 Å². The number of nitrogens with zero attached hydrogens (tertiary/aromatic N) is 1. The third kappa shape index (κ3) is 3.50. The Morgan fingerprint density at radius 3 is 2.75 bits per heavy atom. The van der Waals surface area contributed by atoms with Gasteiger partial charge in [0.2, 0.25) is 11.4 Å². The van der Waals surface area contributed by atoms with Gasteiger partial charge in [0, 0.05) is 18.3 Å². The molecule has 0 spiro atoms. The molecule has 1 aromatic heterocycles. The van der Waals surface area contributed by atoms with Gasteiger partial charge in [0.25, 0.3) is 6.43 Å². The maximum absolute atomic E-state index is 13.4. The van der Waals surface area contributed by atoms with E-state index in [0.29, 0.717) is 0 Å². The van der Waals surface area contributed by atoms with Crippen molar-refractivity contribution in [3.05, 3.63) is 18.2 Å². The molecule has 1 unspecified atom stereocenters. The fourth-order valence-electron chi connectivity index (χ4n) is 1.63. The fourth-order valence-corrected chi connectivity index (χ4v) is 1.63. The number of hydrogen-bond donors (Lipinski definition) is 3. The molecule has 0 aliphatic rings. The van der Waals surface area contributed by atoms with E-state index in [-0.39, 0.29) is 12.3 Å². The van der Waals surface area contributed by atoms with E-state index in [1.54, 1.807) is 0 Å². The number of alkyl halides is 2. The van der Waals surface area contributed by atoms with Crippen molar-refractivity contribution in [3.63, 3.8) is 0 Å². The van der Waals surface area contributed by atoms with Gasteiger partial charge in [-0.25, -0.2) is 18.6 Å². The number of aromatic amines is 1. The zero-order valence-corrected chi connectivity index (χ0v) is 10.9. The summed E-state index contributed by atoms with van der Waals surface area (Å²) >= 11 is 0. The first-order valence-electron chi connectivity index (χ1n) is 5.90. The van der Waals surface area contributed by atoms with Crippen molar-refractivity contribution in [2.24, 2.45) is 5.73 Å². The molecule has 1 aromatic rings. The second-order valence-electron chi connectivity index (χ2n) is 4.00. The average Bonchev–Trinajstić information content (AvgIpc) is 2.90. The van der Waals surface area contributed by atoms with Gasteiger partial charge in [0.15, 0.2) is 0 Å². The number of carbonyl (C=O) groups excluding carboxylic acids is 2. The van der Waals surface area contributed by atoms with Crippen LogP contribution < -0.4 is 11.1 Å². The van der Waals surface area contributed by atoms with E-state index in [2.05, 4.69) is 14.7 Å². The van der Waals surface area contributed by atoms with Crippen molar-refractivity contribution in [2.75, 3.05) is 13.2 Å². The summed E-state index contributed by atoms with van der Waals surface area (Å²) in [5.74, 6) is -2.09. The van der Waals surface area contributed by atoms with Gasteiger partial charge in [-0.1, -0.05) is 0 Å². The second-order valence-corrected chi connectivity index (χ2v) is 4.00. The molecule has 0 bridgehead atoms. The quantitative estimate of drug-likeness (QED) is 0.592. The Hall–Kier alpha value is -2.03. The van der Waals surface area contributed by atoms with Crippen molar-refractivity contribution in [1.29, 1.82) is 0 Å². The van der Waals surface area contributed by atoms with Gasteiger partial charge >= 0.3 is 5.97 Å². The first-order chi connectivity index (χ1) is 9.46.